The molecule has 1 saturated heterocycles. The van der Waals surface area contributed by atoms with E-state index < -0.39 is 5.54 Å². The van der Waals surface area contributed by atoms with Crippen LogP contribution in [0.4, 0.5) is 0 Å². The van der Waals surface area contributed by atoms with Crippen LogP contribution in [0.25, 0.3) is 0 Å². The van der Waals surface area contributed by atoms with Crippen molar-refractivity contribution in [3.63, 3.8) is 0 Å². The third-order valence-corrected chi connectivity index (χ3v) is 3.39. The Morgan fingerprint density at radius 1 is 1.40 bits per heavy atom. The Hall–Kier alpha value is -1.40. The van der Waals surface area contributed by atoms with Crippen molar-refractivity contribution in [3.8, 4) is 0 Å². The van der Waals surface area contributed by atoms with Crippen LogP contribution in [0.15, 0.2) is 10.6 Å². The monoisotopic (exact) mass is 280 g/mol. The second-order valence-corrected chi connectivity index (χ2v) is 6.26. The highest BCUT2D eigenvalue weighted by atomic mass is 16.5. The average molecular weight is 280 g/mol. The normalized spacial score (nSPS) is 17.5. The predicted octanol–water partition coefficient (Wildman–Crippen LogP) is 0.755. The molecule has 1 aliphatic heterocycles. The summed E-state index contributed by atoms with van der Waals surface area (Å²) in [5.74, 6) is 1.03. The third-order valence-electron chi connectivity index (χ3n) is 3.39. The van der Waals surface area contributed by atoms with Gasteiger partial charge in [0.25, 0.3) is 0 Å². The van der Waals surface area contributed by atoms with Crippen LogP contribution in [0.5, 0.6) is 0 Å². The van der Waals surface area contributed by atoms with Gasteiger partial charge in [0.05, 0.1) is 12.2 Å². The van der Waals surface area contributed by atoms with Crippen LogP contribution in [0.2, 0.25) is 0 Å². The van der Waals surface area contributed by atoms with E-state index in [4.69, 9.17) is 10.3 Å². The number of hydrogen-bond donors (Lipinski definition) is 1. The Kier molecular flexibility index (Phi) is 4.45. The molecule has 0 radical (unpaired) electrons. The van der Waals surface area contributed by atoms with E-state index in [9.17, 15) is 4.79 Å². The number of nitrogens with two attached hydrogens (primary N) is 1. The first kappa shape index (κ1) is 15.0. The van der Waals surface area contributed by atoms with Gasteiger partial charge in [0.2, 0.25) is 5.91 Å². The molecule has 1 fully saturated rings. The summed E-state index contributed by atoms with van der Waals surface area (Å²) in [6, 6.07) is 1.95. The molecule has 0 bridgehead atoms. The zero-order valence-electron chi connectivity index (χ0n) is 12.6. The molecule has 0 spiro atoms. The minimum atomic E-state index is -0.439. The molecule has 2 N–H and O–H groups in total. The van der Waals surface area contributed by atoms with Gasteiger partial charge >= 0.3 is 0 Å². The minimum absolute atomic E-state index is 0.146. The second kappa shape index (κ2) is 5.93. The van der Waals surface area contributed by atoms with Gasteiger partial charge in [-0.3, -0.25) is 9.69 Å². The summed E-state index contributed by atoms with van der Waals surface area (Å²) < 4.78 is 5.22. The third kappa shape index (κ3) is 4.31. The highest BCUT2D eigenvalue weighted by molar-refractivity contribution is 5.77. The van der Waals surface area contributed by atoms with Gasteiger partial charge < -0.3 is 15.2 Å². The molecule has 1 amide bonds. The number of nitrogens with zero attached hydrogens (tertiary/aromatic N) is 3. The van der Waals surface area contributed by atoms with Crippen LogP contribution in [0, 0.1) is 6.92 Å². The summed E-state index contributed by atoms with van der Waals surface area (Å²) in [5, 5.41) is 3.89. The smallest absolute Gasteiger partial charge is 0.224 e. The Labute approximate surface area is 119 Å². The average Bonchev–Trinajstić information content (AvgIpc) is 2.73. The van der Waals surface area contributed by atoms with E-state index in [1.807, 2.05) is 31.7 Å². The lowest BCUT2D eigenvalue weighted by atomic mass is 10.0. The first-order valence-corrected chi connectivity index (χ1v) is 7.05. The van der Waals surface area contributed by atoms with Gasteiger partial charge in [0.1, 0.15) is 0 Å². The van der Waals surface area contributed by atoms with Gasteiger partial charge in [-0.1, -0.05) is 5.16 Å². The van der Waals surface area contributed by atoms with Gasteiger partial charge in [-0.05, 0) is 20.8 Å². The van der Waals surface area contributed by atoms with E-state index in [0.29, 0.717) is 6.42 Å². The summed E-state index contributed by atoms with van der Waals surface area (Å²) in [4.78, 5) is 16.3. The number of carbonyl (C=O) groups is 1. The summed E-state index contributed by atoms with van der Waals surface area (Å²) in [6.07, 6.45) is 0.397. The molecule has 6 nitrogen and oxygen atoms in total. The van der Waals surface area contributed by atoms with Gasteiger partial charge in [-0.2, -0.15) is 0 Å². The molecular formula is C14H24N4O2. The van der Waals surface area contributed by atoms with Crippen molar-refractivity contribution in [2.45, 2.75) is 39.3 Å². The molecule has 1 aromatic heterocycles. The van der Waals surface area contributed by atoms with Crippen LogP contribution in [0.1, 0.15) is 31.7 Å². The number of aryl methyl sites for hydroxylation is 1. The SMILES string of the molecule is Cc1cc(CN2CCN(C(=O)CC(C)(C)N)CC2)on1. The first-order valence-electron chi connectivity index (χ1n) is 7.05. The van der Waals surface area contributed by atoms with E-state index >= 15 is 0 Å². The van der Waals surface area contributed by atoms with Crippen LogP contribution < -0.4 is 5.73 Å². The van der Waals surface area contributed by atoms with Crippen molar-refractivity contribution in [3.05, 3.63) is 17.5 Å². The summed E-state index contributed by atoms with van der Waals surface area (Å²) in [6.45, 7) is 9.65. The molecule has 0 saturated carbocycles. The Morgan fingerprint density at radius 2 is 2.05 bits per heavy atom. The highest BCUT2D eigenvalue weighted by Crippen LogP contribution is 2.12. The molecule has 2 heterocycles. The summed E-state index contributed by atoms with van der Waals surface area (Å²) >= 11 is 0. The van der Waals surface area contributed by atoms with Crippen LogP contribution in [-0.2, 0) is 11.3 Å². The molecule has 1 aliphatic rings. The number of amides is 1. The van der Waals surface area contributed by atoms with Gasteiger partial charge in [-0.25, -0.2) is 0 Å². The van der Waals surface area contributed by atoms with Crippen molar-refractivity contribution in [1.82, 2.24) is 15.0 Å². The van der Waals surface area contributed by atoms with E-state index in [-0.39, 0.29) is 5.91 Å². The van der Waals surface area contributed by atoms with Gasteiger partial charge in [0, 0.05) is 44.2 Å². The number of hydrogen-bond acceptors (Lipinski definition) is 5. The van der Waals surface area contributed by atoms with Crippen molar-refractivity contribution < 1.29 is 9.32 Å². The molecule has 0 aromatic carbocycles. The standard InChI is InChI=1S/C14H24N4O2/c1-11-8-12(20-16-11)10-17-4-6-18(7-5-17)13(19)9-14(2,3)15/h8H,4-7,9-10,15H2,1-3H3. The largest absolute Gasteiger partial charge is 0.360 e. The zero-order chi connectivity index (χ0) is 14.8. The summed E-state index contributed by atoms with van der Waals surface area (Å²) in [7, 11) is 0. The number of rotatable bonds is 4. The number of carbonyl (C=O) groups excluding carboxylic acids is 1. The maximum atomic E-state index is 12.1. The molecular weight excluding hydrogens is 256 g/mol. The Morgan fingerprint density at radius 3 is 2.55 bits per heavy atom. The zero-order valence-corrected chi connectivity index (χ0v) is 12.6. The minimum Gasteiger partial charge on any atom is -0.360 e. The lowest BCUT2D eigenvalue weighted by Gasteiger charge is -2.35. The van der Waals surface area contributed by atoms with Crippen LogP contribution >= 0.6 is 0 Å². The number of piperazine rings is 1. The van der Waals surface area contributed by atoms with Crippen molar-refractivity contribution >= 4 is 5.91 Å². The first-order chi connectivity index (χ1) is 9.33. The van der Waals surface area contributed by atoms with Crippen molar-refractivity contribution in [2.75, 3.05) is 26.2 Å². The van der Waals surface area contributed by atoms with Gasteiger partial charge in [-0.15, -0.1) is 0 Å². The second-order valence-electron chi connectivity index (χ2n) is 6.26. The summed E-state index contributed by atoms with van der Waals surface area (Å²) in [5.41, 5.74) is 6.36. The van der Waals surface area contributed by atoms with Crippen LogP contribution in [0.3, 0.4) is 0 Å². The molecule has 112 valence electrons. The van der Waals surface area contributed by atoms with Crippen LogP contribution in [-0.4, -0.2) is 52.6 Å². The molecule has 1 aromatic rings. The highest BCUT2D eigenvalue weighted by Gasteiger charge is 2.25. The molecule has 0 aliphatic carbocycles. The number of aromatic nitrogens is 1. The lowest BCUT2D eigenvalue weighted by Crippen LogP contribution is -2.50. The fourth-order valence-corrected chi connectivity index (χ4v) is 2.37. The van der Waals surface area contributed by atoms with E-state index in [1.54, 1.807) is 0 Å². The van der Waals surface area contributed by atoms with Crippen molar-refractivity contribution in [2.24, 2.45) is 5.73 Å². The van der Waals surface area contributed by atoms with E-state index in [0.717, 1.165) is 44.2 Å². The molecule has 2 rings (SSSR count). The lowest BCUT2D eigenvalue weighted by molar-refractivity contribution is -0.134. The Balaban J connectivity index is 1.79. The fraction of sp³-hybridized carbons (Fsp3) is 0.714. The molecule has 6 heteroatoms. The van der Waals surface area contributed by atoms with Gasteiger partial charge in [0.15, 0.2) is 5.76 Å². The maximum absolute atomic E-state index is 12.1. The maximum Gasteiger partial charge on any atom is 0.224 e. The fourth-order valence-electron chi connectivity index (χ4n) is 2.37. The topological polar surface area (TPSA) is 75.6 Å². The Bertz CT molecular complexity index is 456. The molecule has 0 atom stereocenters. The quantitative estimate of drug-likeness (QED) is 0.881. The van der Waals surface area contributed by atoms with E-state index in [2.05, 4.69) is 10.1 Å². The van der Waals surface area contributed by atoms with Crippen molar-refractivity contribution in [1.29, 1.82) is 0 Å². The predicted molar refractivity (Wildman–Crippen MR) is 76.0 cm³/mol. The molecule has 20 heavy (non-hydrogen) atoms. The molecule has 0 unspecified atom stereocenters. The van der Waals surface area contributed by atoms with E-state index in [1.165, 1.54) is 0 Å².